The molecule has 2 N–H and O–H groups in total. The number of aliphatic carboxylic acids is 1. The van der Waals surface area contributed by atoms with Crippen LogP contribution in [-0.4, -0.2) is 106 Å². The minimum Gasteiger partial charge on any atom is -0.496 e. The van der Waals surface area contributed by atoms with Gasteiger partial charge in [-0.05, 0) is 63.7 Å². The van der Waals surface area contributed by atoms with Crippen LogP contribution in [0.2, 0.25) is 0 Å². The summed E-state index contributed by atoms with van der Waals surface area (Å²) in [6, 6.07) is 9.45. The van der Waals surface area contributed by atoms with Crippen LogP contribution in [0, 0.1) is 11.3 Å². The van der Waals surface area contributed by atoms with E-state index in [0.29, 0.717) is 32.4 Å². The Morgan fingerprint density at radius 3 is 2.51 bits per heavy atom. The van der Waals surface area contributed by atoms with Crippen LogP contribution in [-0.2, 0) is 14.4 Å². The van der Waals surface area contributed by atoms with Gasteiger partial charge in [-0.2, -0.15) is 5.26 Å². The molecule has 5 rings (SSSR count). The van der Waals surface area contributed by atoms with E-state index >= 15 is 0 Å². The molecule has 4 aliphatic rings. The first-order chi connectivity index (χ1) is 18.8. The number of amides is 2. The van der Waals surface area contributed by atoms with Crippen LogP contribution < -0.4 is 10.1 Å². The maximum Gasteiger partial charge on any atom is 0.304 e. The average Bonchev–Trinajstić information content (AvgIpc) is 3.56. The average molecular weight is 556 g/mol. The molecule has 1 saturated carbocycles. The van der Waals surface area contributed by atoms with Crippen molar-refractivity contribution in [1.29, 1.82) is 5.26 Å². The molecule has 0 radical (unpaired) electrons. The highest BCUT2D eigenvalue weighted by molar-refractivity contribution is 8.00. The molecule has 39 heavy (non-hydrogen) atoms. The van der Waals surface area contributed by atoms with Crippen molar-refractivity contribution in [2.24, 2.45) is 0 Å². The topological polar surface area (TPSA) is 126 Å². The second kappa shape index (κ2) is 11.7. The Morgan fingerprint density at radius 2 is 1.90 bits per heavy atom. The van der Waals surface area contributed by atoms with Crippen molar-refractivity contribution in [2.45, 2.75) is 78.8 Å². The number of nitrogens with zero attached hydrogens (tertiary/aromatic N) is 4. The first-order valence-electron chi connectivity index (χ1n) is 13.9. The summed E-state index contributed by atoms with van der Waals surface area (Å²) in [4.78, 5) is 45.5. The molecule has 3 saturated heterocycles. The molecule has 1 aliphatic carbocycles. The molecular weight excluding hydrogens is 518 g/mol. The Bertz CT molecular complexity index is 1130. The van der Waals surface area contributed by atoms with Crippen LogP contribution in [0.25, 0.3) is 0 Å². The lowest BCUT2D eigenvalue weighted by Gasteiger charge is -2.49. The molecule has 10 nitrogen and oxygen atoms in total. The van der Waals surface area contributed by atoms with Crippen molar-refractivity contribution in [2.75, 3.05) is 39.8 Å². The van der Waals surface area contributed by atoms with Gasteiger partial charge in [0.15, 0.2) is 0 Å². The maximum absolute atomic E-state index is 13.9. The molecule has 1 aromatic rings. The van der Waals surface area contributed by atoms with E-state index in [4.69, 9.17) is 9.84 Å². The van der Waals surface area contributed by atoms with E-state index in [1.165, 1.54) is 0 Å². The van der Waals surface area contributed by atoms with Gasteiger partial charge < -0.3 is 25.0 Å². The SMILES string of the molecule is COc1ccccc1S[C@@H]1C[C@@H](C(=O)NC2(C#N)CC2)N(C(=O)C2CCN2C2CCN(CCC(=O)O)CC2)C1. The smallest absolute Gasteiger partial charge is 0.304 e. The van der Waals surface area contributed by atoms with Crippen molar-refractivity contribution in [3.63, 3.8) is 0 Å². The third-order valence-electron chi connectivity index (χ3n) is 8.55. The quantitative estimate of drug-likeness (QED) is 0.445. The lowest BCUT2D eigenvalue weighted by Crippen LogP contribution is -2.63. The van der Waals surface area contributed by atoms with E-state index in [2.05, 4.69) is 21.2 Å². The highest BCUT2D eigenvalue weighted by Crippen LogP contribution is 2.40. The predicted octanol–water partition coefficient (Wildman–Crippen LogP) is 1.94. The largest absolute Gasteiger partial charge is 0.496 e. The van der Waals surface area contributed by atoms with Crippen LogP contribution in [0.1, 0.15) is 44.9 Å². The highest BCUT2D eigenvalue weighted by Gasteiger charge is 2.50. The van der Waals surface area contributed by atoms with Gasteiger partial charge in [0.25, 0.3) is 0 Å². The number of rotatable bonds is 10. The van der Waals surface area contributed by atoms with E-state index in [1.54, 1.807) is 23.8 Å². The zero-order valence-electron chi connectivity index (χ0n) is 22.4. The fourth-order valence-electron chi connectivity index (χ4n) is 6.01. The van der Waals surface area contributed by atoms with Gasteiger partial charge in [-0.1, -0.05) is 12.1 Å². The van der Waals surface area contributed by atoms with Gasteiger partial charge in [0.05, 0.1) is 25.6 Å². The number of piperidine rings is 1. The Kier molecular flexibility index (Phi) is 8.35. The Balaban J connectivity index is 1.25. The summed E-state index contributed by atoms with van der Waals surface area (Å²) >= 11 is 1.63. The van der Waals surface area contributed by atoms with E-state index in [0.717, 1.165) is 49.5 Å². The Morgan fingerprint density at radius 1 is 1.15 bits per heavy atom. The monoisotopic (exact) mass is 555 g/mol. The fraction of sp³-hybridized carbons (Fsp3) is 0.643. The number of carboxylic acid groups (broad SMARTS) is 1. The molecule has 1 aromatic carbocycles. The van der Waals surface area contributed by atoms with Gasteiger partial charge in [-0.25, -0.2) is 0 Å². The van der Waals surface area contributed by atoms with E-state index in [9.17, 15) is 19.6 Å². The number of carbonyl (C=O) groups excluding carboxylic acids is 2. The number of nitrogens with one attached hydrogen (secondary N) is 1. The molecule has 0 aromatic heterocycles. The Hall–Kier alpha value is -2.81. The highest BCUT2D eigenvalue weighted by atomic mass is 32.2. The number of likely N-dealkylation sites (tertiary alicyclic amines) is 3. The summed E-state index contributed by atoms with van der Waals surface area (Å²) in [5, 5.41) is 21.5. The number of para-hydroxylation sites is 1. The normalized spacial score (nSPS) is 26.9. The number of carbonyl (C=O) groups is 3. The molecule has 3 aliphatic heterocycles. The number of nitriles is 1. The zero-order chi connectivity index (χ0) is 27.6. The predicted molar refractivity (Wildman–Crippen MR) is 145 cm³/mol. The number of carboxylic acids is 1. The van der Waals surface area contributed by atoms with E-state index in [1.807, 2.05) is 24.3 Å². The summed E-state index contributed by atoms with van der Waals surface area (Å²) in [5.41, 5.74) is -0.781. The third kappa shape index (κ3) is 6.18. The molecule has 0 spiro atoms. The molecular formula is C28H37N5O5S. The summed E-state index contributed by atoms with van der Waals surface area (Å²) in [6.45, 7) is 3.55. The van der Waals surface area contributed by atoms with Crippen LogP contribution in [0.15, 0.2) is 29.2 Å². The van der Waals surface area contributed by atoms with Gasteiger partial charge >= 0.3 is 5.97 Å². The molecule has 3 atom stereocenters. The number of benzene rings is 1. The summed E-state index contributed by atoms with van der Waals surface area (Å²) in [5.74, 6) is -0.239. The third-order valence-corrected chi connectivity index (χ3v) is 9.82. The first kappa shape index (κ1) is 27.7. The molecule has 2 amide bonds. The molecule has 4 fully saturated rings. The van der Waals surface area contributed by atoms with Gasteiger partial charge in [0, 0.05) is 35.8 Å². The van der Waals surface area contributed by atoms with E-state index in [-0.39, 0.29) is 35.6 Å². The van der Waals surface area contributed by atoms with Crippen molar-refractivity contribution in [3.05, 3.63) is 24.3 Å². The molecule has 3 heterocycles. The van der Waals surface area contributed by atoms with Gasteiger partial charge in [0.2, 0.25) is 11.8 Å². The maximum atomic E-state index is 13.9. The lowest BCUT2D eigenvalue weighted by atomic mass is 9.93. The summed E-state index contributed by atoms with van der Waals surface area (Å²) < 4.78 is 5.52. The van der Waals surface area contributed by atoms with Gasteiger partial charge in [-0.15, -0.1) is 11.8 Å². The number of methoxy groups -OCH3 is 1. The minimum absolute atomic E-state index is 0.000335. The number of hydrogen-bond donors (Lipinski definition) is 2. The number of thioether (sulfide) groups is 1. The first-order valence-corrected chi connectivity index (χ1v) is 14.7. The van der Waals surface area contributed by atoms with Crippen LogP contribution in [0.3, 0.4) is 0 Å². The molecule has 1 unspecified atom stereocenters. The Labute approximate surface area is 233 Å². The van der Waals surface area contributed by atoms with Crippen LogP contribution in [0.5, 0.6) is 5.75 Å². The van der Waals surface area contributed by atoms with E-state index < -0.39 is 17.6 Å². The number of hydrogen-bond acceptors (Lipinski definition) is 8. The molecule has 11 heteroatoms. The number of ether oxygens (including phenoxy) is 1. The second-order valence-corrected chi connectivity index (χ2v) is 12.4. The standard InChI is InChI=1S/C28H37N5O5S/c1-38-23-4-2-3-5-24(23)39-20-16-22(26(36)30-28(18-29)10-11-28)33(17-20)27(37)21-8-15-32(21)19-6-12-31(13-7-19)14-9-25(34)35/h2-5,19-22H,6-17H2,1H3,(H,30,36)(H,34,35)/t20-,21?,22+/m1/s1. The van der Waals surface area contributed by atoms with Crippen molar-refractivity contribution in [1.82, 2.24) is 20.0 Å². The van der Waals surface area contributed by atoms with Crippen molar-refractivity contribution >= 4 is 29.5 Å². The minimum atomic E-state index is -0.781. The zero-order valence-corrected chi connectivity index (χ0v) is 23.2. The lowest BCUT2D eigenvalue weighted by molar-refractivity contribution is -0.149. The molecule has 210 valence electrons. The molecule has 0 bridgehead atoms. The summed E-state index contributed by atoms with van der Waals surface area (Å²) in [6.07, 6.45) is 4.56. The second-order valence-electron chi connectivity index (χ2n) is 11.1. The van der Waals surface area contributed by atoms with Gasteiger partial charge in [-0.3, -0.25) is 19.3 Å². The fourth-order valence-corrected chi connectivity index (χ4v) is 7.31. The van der Waals surface area contributed by atoms with Crippen LogP contribution >= 0.6 is 11.8 Å². The van der Waals surface area contributed by atoms with Crippen molar-refractivity contribution < 1.29 is 24.2 Å². The van der Waals surface area contributed by atoms with Crippen molar-refractivity contribution in [3.8, 4) is 11.8 Å². The van der Waals surface area contributed by atoms with Crippen LogP contribution in [0.4, 0.5) is 0 Å². The summed E-state index contributed by atoms with van der Waals surface area (Å²) in [7, 11) is 1.64. The van der Waals surface area contributed by atoms with Gasteiger partial charge in [0.1, 0.15) is 17.3 Å².